The number of benzene rings is 2. The molecule has 1 amide bonds. The van der Waals surface area contributed by atoms with E-state index in [1.54, 1.807) is 31.2 Å². The van der Waals surface area contributed by atoms with E-state index in [2.05, 4.69) is 17.1 Å². The number of aromatic nitrogens is 2. The van der Waals surface area contributed by atoms with Crippen LogP contribution in [-0.2, 0) is 10.5 Å². The number of hydrogen-bond donors (Lipinski definition) is 1. The van der Waals surface area contributed by atoms with E-state index in [1.807, 2.05) is 37.3 Å². The number of carbonyl (C=O) groups is 2. The molecule has 3 heterocycles. The van der Waals surface area contributed by atoms with Gasteiger partial charge in [0.05, 0.1) is 24.8 Å². The molecule has 4 aromatic rings. The van der Waals surface area contributed by atoms with Crippen LogP contribution >= 0.6 is 23.1 Å². The third-order valence-electron chi connectivity index (χ3n) is 6.56. The van der Waals surface area contributed by atoms with Crippen molar-refractivity contribution < 1.29 is 28.6 Å². The number of unbranched alkanes of at least 4 members (excludes halogenated alkanes) is 1. The maximum Gasteiger partial charge on any atom is 0.296 e. The van der Waals surface area contributed by atoms with Crippen molar-refractivity contribution in [1.29, 1.82) is 0 Å². The Hall–Kier alpha value is -4.09. The molecule has 0 aliphatic carbocycles. The summed E-state index contributed by atoms with van der Waals surface area (Å²) in [6, 6.07) is 17.4. The Balaban J connectivity index is 1.53. The van der Waals surface area contributed by atoms with Crippen molar-refractivity contribution in [3.63, 3.8) is 0 Å². The van der Waals surface area contributed by atoms with Crippen LogP contribution in [0.2, 0.25) is 0 Å². The van der Waals surface area contributed by atoms with Crippen LogP contribution in [0.1, 0.15) is 60.2 Å². The number of aliphatic hydroxyl groups excluding tert-OH is 1. The van der Waals surface area contributed by atoms with Crippen molar-refractivity contribution in [2.75, 3.05) is 18.1 Å². The van der Waals surface area contributed by atoms with Crippen molar-refractivity contribution in [3.05, 3.63) is 94.6 Å². The lowest BCUT2D eigenvalue weighted by Gasteiger charge is -2.25. The smallest absolute Gasteiger partial charge is 0.296 e. The van der Waals surface area contributed by atoms with E-state index >= 15 is 0 Å². The normalized spacial score (nSPS) is 15.0. The van der Waals surface area contributed by atoms with Gasteiger partial charge >= 0.3 is 0 Å². The van der Waals surface area contributed by atoms with E-state index in [-0.39, 0.29) is 16.5 Å². The number of rotatable bonds is 13. The molecule has 1 unspecified atom stereocenters. The molecule has 218 valence electrons. The fourth-order valence-corrected chi connectivity index (χ4v) is 6.35. The Morgan fingerprint density at radius 3 is 2.60 bits per heavy atom. The standard InChI is InChI=1S/C31H31N3O6S2/c1-4-6-16-39-22-15-13-21(17-24(22)38-5-2)26-25(27(35)23-14-12-19(3)40-23)28(36)29(37)34(26)30-32-33-31(42-30)41-18-20-10-8-7-9-11-20/h7-15,17,26,36H,4-6,16,18H2,1-3H3. The summed E-state index contributed by atoms with van der Waals surface area (Å²) in [5, 5.41) is 19.9. The first kappa shape index (κ1) is 29.4. The summed E-state index contributed by atoms with van der Waals surface area (Å²) in [4.78, 5) is 28.6. The van der Waals surface area contributed by atoms with Gasteiger partial charge in [-0.1, -0.05) is 72.8 Å². The zero-order valence-electron chi connectivity index (χ0n) is 23.5. The Bertz CT molecular complexity index is 1600. The molecule has 0 saturated carbocycles. The van der Waals surface area contributed by atoms with E-state index in [9.17, 15) is 14.7 Å². The molecule has 1 N–H and O–H groups in total. The van der Waals surface area contributed by atoms with Gasteiger partial charge in [0.15, 0.2) is 27.4 Å². The molecule has 1 aliphatic rings. The number of aliphatic hydroxyl groups is 1. The van der Waals surface area contributed by atoms with Crippen molar-refractivity contribution >= 4 is 39.9 Å². The Kier molecular flexibility index (Phi) is 9.28. The topological polar surface area (TPSA) is 115 Å². The third kappa shape index (κ3) is 6.22. The average molecular weight is 606 g/mol. The maximum atomic E-state index is 13.7. The lowest BCUT2D eigenvalue weighted by molar-refractivity contribution is -0.117. The summed E-state index contributed by atoms with van der Waals surface area (Å²) < 4.78 is 18.1. The molecule has 0 fully saturated rings. The summed E-state index contributed by atoms with van der Waals surface area (Å²) in [5.41, 5.74) is 1.56. The highest BCUT2D eigenvalue weighted by molar-refractivity contribution is 8.00. The van der Waals surface area contributed by atoms with Crippen LogP contribution < -0.4 is 14.4 Å². The van der Waals surface area contributed by atoms with Crippen LogP contribution in [0.15, 0.2) is 80.8 Å². The molecule has 9 nitrogen and oxygen atoms in total. The molecule has 0 saturated heterocycles. The number of thioether (sulfide) groups is 1. The summed E-state index contributed by atoms with van der Waals surface area (Å²) in [6.07, 6.45) is 1.87. The largest absolute Gasteiger partial charge is 0.503 e. The van der Waals surface area contributed by atoms with Gasteiger partial charge in [0.2, 0.25) is 10.9 Å². The molecule has 11 heteroatoms. The van der Waals surface area contributed by atoms with Gasteiger partial charge in [-0.25, -0.2) is 0 Å². The van der Waals surface area contributed by atoms with Gasteiger partial charge < -0.3 is 19.0 Å². The van der Waals surface area contributed by atoms with Crippen LogP contribution in [0, 0.1) is 6.92 Å². The minimum atomic E-state index is -1.00. The predicted octanol–water partition coefficient (Wildman–Crippen LogP) is 7.09. The van der Waals surface area contributed by atoms with E-state index < -0.39 is 23.5 Å². The average Bonchev–Trinajstić information content (AvgIpc) is 3.71. The van der Waals surface area contributed by atoms with Gasteiger partial charge in [-0.2, -0.15) is 0 Å². The van der Waals surface area contributed by atoms with E-state index in [4.69, 9.17) is 13.9 Å². The highest BCUT2D eigenvalue weighted by atomic mass is 32.2. The first-order chi connectivity index (χ1) is 20.4. The fourth-order valence-electron chi connectivity index (χ4n) is 4.53. The Morgan fingerprint density at radius 1 is 1.07 bits per heavy atom. The van der Waals surface area contributed by atoms with Gasteiger partial charge in [0.25, 0.3) is 5.91 Å². The molecule has 0 spiro atoms. The second kappa shape index (κ2) is 13.3. The zero-order valence-corrected chi connectivity index (χ0v) is 25.2. The monoisotopic (exact) mass is 605 g/mol. The molecule has 42 heavy (non-hydrogen) atoms. The third-order valence-corrected chi connectivity index (χ3v) is 8.69. The highest BCUT2D eigenvalue weighted by Gasteiger charge is 2.47. The first-order valence-electron chi connectivity index (χ1n) is 13.7. The number of anilines is 1. The van der Waals surface area contributed by atoms with Crippen molar-refractivity contribution in [2.24, 2.45) is 0 Å². The van der Waals surface area contributed by atoms with Crippen molar-refractivity contribution in [2.45, 2.75) is 49.7 Å². The number of furan rings is 1. The van der Waals surface area contributed by atoms with Gasteiger partial charge in [0, 0.05) is 5.75 Å². The number of aryl methyl sites for hydroxylation is 1. The number of amides is 1. The number of ether oxygens (including phenoxy) is 2. The van der Waals surface area contributed by atoms with Crippen LogP contribution in [-0.4, -0.2) is 40.2 Å². The molecular weight excluding hydrogens is 574 g/mol. The van der Waals surface area contributed by atoms with Gasteiger partial charge in [-0.3, -0.25) is 14.5 Å². The minimum Gasteiger partial charge on any atom is -0.503 e. The van der Waals surface area contributed by atoms with Crippen LogP contribution in [0.25, 0.3) is 0 Å². The minimum absolute atomic E-state index is 0.0228. The number of ketones is 1. The van der Waals surface area contributed by atoms with E-state index in [0.717, 1.165) is 18.4 Å². The first-order valence-corrected chi connectivity index (χ1v) is 15.5. The number of hydrogen-bond acceptors (Lipinski definition) is 10. The lowest BCUT2D eigenvalue weighted by Crippen LogP contribution is -2.31. The Morgan fingerprint density at radius 2 is 1.88 bits per heavy atom. The van der Waals surface area contributed by atoms with Crippen LogP contribution in [0.4, 0.5) is 5.13 Å². The van der Waals surface area contributed by atoms with Gasteiger partial charge in [0.1, 0.15) is 5.76 Å². The second-order valence-corrected chi connectivity index (χ2v) is 11.7. The molecule has 2 aromatic carbocycles. The quantitative estimate of drug-likeness (QED) is 0.0738. The Labute approximate surface area is 252 Å². The number of Topliss-reactive ketones (excluding diaryl/α,β-unsaturated/α-hetero) is 1. The number of carbonyl (C=O) groups excluding carboxylic acids is 2. The summed E-state index contributed by atoms with van der Waals surface area (Å²) in [6.45, 7) is 6.58. The molecular formula is C31H31N3O6S2. The van der Waals surface area contributed by atoms with Crippen molar-refractivity contribution in [3.8, 4) is 11.5 Å². The fraction of sp³-hybridized carbons (Fsp3) is 0.290. The summed E-state index contributed by atoms with van der Waals surface area (Å²) in [7, 11) is 0. The molecule has 1 aliphatic heterocycles. The lowest BCUT2D eigenvalue weighted by atomic mass is 9.95. The van der Waals surface area contributed by atoms with Crippen LogP contribution in [0.5, 0.6) is 11.5 Å². The van der Waals surface area contributed by atoms with E-state index in [1.165, 1.54) is 34.1 Å². The van der Waals surface area contributed by atoms with Crippen LogP contribution in [0.3, 0.4) is 0 Å². The predicted molar refractivity (Wildman–Crippen MR) is 162 cm³/mol. The molecule has 1 atom stereocenters. The molecule has 0 bridgehead atoms. The highest BCUT2D eigenvalue weighted by Crippen LogP contribution is 2.45. The second-order valence-electron chi connectivity index (χ2n) is 9.55. The van der Waals surface area contributed by atoms with Gasteiger partial charge in [-0.15, -0.1) is 10.2 Å². The summed E-state index contributed by atoms with van der Waals surface area (Å²) >= 11 is 2.71. The molecule has 0 radical (unpaired) electrons. The SMILES string of the molecule is CCCCOc1ccc(C2C(C(=O)c3ccc(C)o3)=C(O)C(=O)N2c2nnc(SCc3ccccc3)s2)cc1OCC. The van der Waals surface area contributed by atoms with Crippen molar-refractivity contribution in [1.82, 2.24) is 10.2 Å². The molecule has 2 aromatic heterocycles. The number of nitrogens with zero attached hydrogens (tertiary/aromatic N) is 3. The van der Waals surface area contributed by atoms with E-state index in [0.29, 0.717) is 46.1 Å². The summed E-state index contributed by atoms with van der Waals surface area (Å²) in [5.74, 6) is 0.269. The molecule has 5 rings (SSSR count). The maximum absolute atomic E-state index is 13.7. The van der Waals surface area contributed by atoms with Gasteiger partial charge in [-0.05, 0) is 55.7 Å². The zero-order chi connectivity index (χ0) is 29.6.